The number of fused-ring (bicyclic) bond motifs is 2. The van der Waals surface area contributed by atoms with Crippen molar-refractivity contribution in [1.82, 2.24) is 40.2 Å². The molecule has 1 aliphatic carbocycles. The lowest BCUT2D eigenvalue weighted by molar-refractivity contribution is -0.136. The summed E-state index contributed by atoms with van der Waals surface area (Å²) in [5, 5.41) is 11.0. The molecule has 3 amide bonds. The van der Waals surface area contributed by atoms with Gasteiger partial charge >= 0.3 is 0 Å². The number of H-pyrrole nitrogens is 1. The fraction of sp³-hybridized carbons (Fsp3) is 0.556. The number of halogens is 2. The predicted molar refractivity (Wildman–Crippen MR) is 226 cm³/mol. The first kappa shape index (κ1) is 39.9. The van der Waals surface area contributed by atoms with Crippen LogP contribution in [0.5, 0.6) is 5.75 Å². The zero-order valence-corrected chi connectivity index (χ0v) is 35.0. The number of imide groups is 1. The number of nitrogens with zero attached hydrogens (tertiary/aromatic N) is 8. The Hall–Kier alpha value is -5.22. The smallest absolute Gasteiger partial charge is 0.255 e. The monoisotopic (exact) mass is 836 g/mol. The summed E-state index contributed by atoms with van der Waals surface area (Å²) in [5.41, 5.74) is 2.59. The first-order chi connectivity index (χ1) is 29.4. The largest absolute Gasteiger partial charge is 0.488 e. The van der Waals surface area contributed by atoms with Crippen LogP contribution in [0.4, 0.5) is 20.3 Å². The number of nitrogens with one attached hydrogen (secondary N) is 2. The van der Waals surface area contributed by atoms with Gasteiger partial charge in [0, 0.05) is 94.9 Å². The number of ether oxygens (including phenoxy) is 1. The molecule has 2 N–H and O–H groups in total. The predicted octanol–water partition coefficient (Wildman–Crippen LogP) is 5.08. The molecule has 2 aromatic carbocycles. The van der Waals surface area contributed by atoms with Crippen LogP contribution in [-0.4, -0.2) is 135 Å². The fourth-order valence-electron chi connectivity index (χ4n) is 10.1. The van der Waals surface area contributed by atoms with Crippen molar-refractivity contribution in [2.75, 3.05) is 68.7 Å². The van der Waals surface area contributed by atoms with E-state index in [0.717, 1.165) is 98.8 Å². The third-order valence-electron chi connectivity index (χ3n) is 14.1. The molecule has 0 bridgehead atoms. The van der Waals surface area contributed by atoms with Crippen molar-refractivity contribution in [2.24, 2.45) is 5.92 Å². The van der Waals surface area contributed by atoms with E-state index >= 15 is 8.78 Å². The third-order valence-corrected chi connectivity index (χ3v) is 14.1. The molecule has 7 heterocycles. The Bertz CT molecular complexity index is 2350. The minimum Gasteiger partial charge on any atom is -0.488 e. The van der Waals surface area contributed by atoms with Gasteiger partial charge in [0.2, 0.25) is 11.8 Å². The van der Waals surface area contributed by atoms with Crippen LogP contribution in [0.15, 0.2) is 42.7 Å². The SMILES string of the molecule is C[C@H]1CN(c2cc(-c3n[nH]c4ccc(OC5(C)CC5)cc34)ncn2)CCN1CC1(F)CCN(CC2CCN(c3cc4c(cc3F)C(=O)N(C3CCC(=O)NC3=O)C4)CC2)CC1. The van der Waals surface area contributed by atoms with E-state index < -0.39 is 23.4 Å². The van der Waals surface area contributed by atoms with E-state index in [9.17, 15) is 14.4 Å². The average Bonchev–Trinajstić information content (AvgIpc) is 3.68. The van der Waals surface area contributed by atoms with Crippen LogP contribution < -0.4 is 19.9 Å². The van der Waals surface area contributed by atoms with Gasteiger partial charge in [0.15, 0.2) is 0 Å². The minimum atomic E-state index is -1.24. The van der Waals surface area contributed by atoms with Crippen molar-refractivity contribution in [3.05, 3.63) is 59.7 Å². The number of benzene rings is 2. The van der Waals surface area contributed by atoms with E-state index in [4.69, 9.17) is 4.74 Å². The molecule has 16 heteroatoms. The van der Waals surface area contributed by atoms with Crippen molar-refractivity contribution < 1.29 is 27.9 Å². The van der Waals surface area contributed by atoms with Crippen molar-refractivity contribution in [3.63, 3.8) is 0 Å². The molecule has 0 radical (unpaired) electrons. The minimum absolute atomic E-state index is 0.0741. The summed E-state index contributed by atoms with van der Waals surface area (Å²) in [7, 11) is 0. The second kappa shape index (κ2) is 15.6. The molecule has 0 spiro atoms. The molecule has 61 heavy (non-hydrogen) atoms. The average molecular weight is 837 g/mol. The molecule has 5 fully saturated rings. The van der Waals surface area contributed by atoms with Gasteiger partial charge in [-0.15, -0.1) is 0 Å². The summed E-state index contributed by atoms with van der Waals surface area (Å²) in [6, 6.07) is 10.5. The Kier molecular flexibility index (Phi) is 10.2. The summed E-state index contributed by atoms with van der Waals surface area (Å²) in [4.78, 5) is 57.0. The molecule has 4 aromatic rings. The summed E-state index contributed by atoms with van der Waals surface area (Å²) >= 11 is 0. The Morgan fingerprint density at radius 3 is 2.48 bits per heavy atom. The maximum absolute atomic E-state index is 16.5. The second-order valence-electron chi connectivity index (χ2n) is 18.6. The van der Waals surface area contributed by atoms with Gasteiger partial charge in [-0.05, 0) is 101 Å². The topological polar surface area (TPSA) is 143 Å². The highest BCUT2D eigenvalue weighted by atomic mass is 19.1. The van der Waals surface area contributed by atoms with Gasteiger partial charge in [0.1, 0.15) is 46.7 Å². The lowest BCUT2D eigenvalue weighted by Crippen LogP contribution is -2.57. The van der Waals surface area contributed by atoms with E-state index in [1.807, 2.05) is 24.3 Å². The number of amides is 3. The lowest BCUT2D eigenvalue weighted by atomic mass is 9.89. The van der Waals surface area contributed by atoms with Crippen LogP contribution in [0.1, 0.15) is 81.1 Å². The second-order valence-corrected chi connectivity index (χ2v) is 18.6. The van der Waals surface area contributed by atoms with Crippen LogP contribution >= 0.6 is 0 Å². The molecular formula is C45H54F2N10O4. The Labute approximate surface area is 354 Å². The van der Waals surface area contributed by atoms with Gasteiger partial charge in [0.05, 0.1) is 16.9 Å². The van der Waals surface area contributed by atoms with Crippen LogP contribution in [-0.2, 0) is 16.1 Å². The number of alkyl halides is 1. The Morgan fingerprint density at radius 1 is 0.918 bits per heavy atom. The number of hydrogen-bond acceptors (Lipinski definition) is 11. The third kappa shape index (κ3) is 8.04. The van der Waals surface area contributed by atoms with Crippen LogP contribution in [0.2, 0.25) is 0 Å². The summed E-state index contributed by atoms with van der Waals surface area (Å²) in [6.07, 6.45) is 6.98. The van der Waals surface area contributed by atoms with Crippen molar-refractivity contribution in [3.8, 4) is 17.1 Å². The van der Waals surface area contributed by atoms with Gasteiger partial charge in [-0.1, -0.05) is 0 Å². The molecule has 6 aliphatic rings. The molecule has 10 rings (SSSR count). The highest BCUT2D eigenvalue weighted by Crippen LogP contribution is 2.41. The van der Waals surface area contributed by atoms with E-state index in [1.54, 1.807) is 12.4 Å². The molecule has 5 aliphatic heterocycles. The number of anilines is 2. The summed E-state index contributed by atoms with van der Waals surface area (Å²) < 4.78 is 38.2. The van der Waals surface area contributed by atoms with Crippen LogP contribution in [0, 0.1) is 11.7 Å². The maximum atomic E-state index is 16.5. The highest BCUT2D eigenvalue weighted by Gasteiger charge is 2.42. The number of aromatic amines is 1. The summed E-state index contributed by atoms with van der Waals surface area (Å²) in [5.74, 6) is 0.483. The normalized spacial score (nSPS) is 24.7. The van der Waals surface area contributed by atoms with E-state index in [2.05, 4.69) is 58.9 Å². The number of piperidine rings is 3. The maximum Gasteiger partial charge on any atom is 0.255 e. The summed E-state index contributed by atoms with van der Waals surface area (Å²) in [6.45, 7) is 10.9. The number of piperazine rings is 1. The van der Waals surface area contributed by atoms with E-state index in [1.165, 1.54) is 11.0 Å². The molecule has 2 atom stereocenters. The number of carbonyl (C=O) groups is 3. The van der Waals surface area contributed by atoms with E-state index in [-0.39, 0.29) is 48.4 Å². The van der Waals surface area contributed by atoms with Crippen LogP contribution in [0.3, 0.4) is 0 Å². The van der Waals surface area contributed by atoms with Gasteiger partial charge in [-0.3, -0.25) is 29.7 Å². The fourth-order valence-corrected chi connectivity index (χ4v) is 10.1. The lowest BCUT2D eigenvalue weighted by Gasteiger charge is -2.45. The Morgan fingerprint density at radius 2 is 1.72 bits per heavy atom. The first-order valence-electron chi connectivity index (χ1n) is 22.0. The Balaban J connectivity index is 0.691. The molecule has 322 valence electrons. The molecule has 14 nitrogen and oxygen atoms in total. The zero-order valence-electron chi connectivity index (χ0n) is 35.0. The number of carbonyl (C=O) groups excluding carboxylic acids is 3. The van der Waals surface area contributed by atoms with Crippen LogP contribution in [0.25, 0.3) is 22.3 Å². The van der Waals surface area contributed by atoms with Crippen molar-refractivity contribution in [1.29, 1.82) is 0 Å². The quantitative estimate of drug-likeness (QED) is 0.207. The number of hydrogen-bond donors (Lipinski definition) is 2. The number of rotatable bonds is 10. The number of aromatic nitrogens is 4. The molecule has 1 unspecified atom stereocenters. The van der Waals surface area contributed by atoms with Gasteiger partial charge in [0.25, 0.3) is 5.91 Å². The van der Waals surface area contributed by atoms with E-state index in [0.29, 0.717) is 49.6 Å². The molecule has 4 saturated heterocycles. The molecule has 1 saturated carbocycles. The zero-order chi connectivity index (χ0) is 42.0. The molecular weight excluding hydrogens is 783 g/mol. The standard InChI is InChI=1S/C45H54F2N10O4/c1-28-23-55(39-22-36(48-27-49-39)41-33-20-31(61-44(2)9-10-44)3-4-35(33)51-52-41)17-18-56(28)26-45(47)11-15-53(16-12-45)24-29-7-13-54(14-8-29)38-19-30-25-57(43(60)32(30)21-34(38)46)37-5-6-40(58)50-42(37)59/h3-4,19-22,27-29,37H,5-18,23-26H2,1-2H3,(H,51,52)(H,50,58,59)/t28-,37?/m0/s1. The number of likely N-dealkylation sites (tertiary alicyclic amines) is 1. The highest BCUT2D eigenvalue weighted by molar-refractivity contribution is 6.05. The molecule has 2 aromatic heterocycles. The first-order valence-corrected chi connectivity index (χ1v) is 22.0. The van der Waals surface area contributed by atoms with Gasteiger partial charge < -0.3 is 24.3 Å². The van der Waals surface area contributed by atoms with Gasteiger partial charge in [-0.25, -0.2) is 18.7 Å². The van der Waals surface area contributed by atoms with Gasteiger partial charge in [-0.2, -0.15) is 5.10 Å². The van der Waals surface area contributed by atoms with Crippen molar-refractivity contribution in [2.45, 2.75) is 95.1 Å². The van der Waals surface area contributed by atoms with Crippen molar-refractivity contribution >= 4 is 40.1 Å².